The number of nitrogens with two attached hydrogens (primary N) is 1. The van der Waals surface area contributed by atoms with Crippen molar-refractivity contribution >= 4 is 5.91 Å². The number of ether oxygens (including phenoxy) is 1. The van der Waals surface area contributed by atoms with Crippen molar-refractivity contribution in [3.05, 3.63) is 36.2 Å². The number of carbonyl (C=O) groups is 1. The minimum atomic E-state index is -4.39. The molecule has 23 heavy (non-hydrogen) atoms. The zero-order chi connectivity index (χ0) is 17.3. The monoisotopic (exact) mass is 328 g/mol. The van der Waals surface area contributed by atoms with Gasteiger partial charge in [0.15, 0.2) is 5.82 Å². The molecular formula is C14H15F3N4O2. The first-order chi connectivity index (χ1) is 10.6. The predicted molar refractivity (Wildman–Crippen MR) is 75.2 cm³/mol. The van der Waals surface area contributed by atoms with Gasteiger partial charge >= 0.3 is 6.18 Å². The molecule has 0 aliphatic rings. The topological polar surface area (TPSA) is 83.0 Å². The highest BCUT2D eigenvalue weighted by atomic mass is 19.4. The van der Waals surface area contributed by atoms with Crippen molar-refractivity contribution in [2.45, 2.75) is 20.0 Å². The fourth-order valence-electron chi connectivity index (χ4n) is 1.61. The Morgan fingerprint density at radius 2 is 2.04 bits per heavy atom. The molecule has 9 heteroatoms. The van der Waals surface area contributed by atoms with Gasteiger partial charge in [0.25, 0.3) is 5.91 Å². The van der Waals surface area contributed by atoms with Crippen LogP contribution in [-0.2, 0) is 0 Å². The van der Waals surface area contributed by atoms with E-state index in [0.717, 1.165) is 13.8 Å². The summed E-state index contributed by atoms with van der Waals surface area (Å²) in [5.74, 6) is -0.530. The van der Waals surface area contributed by atoms with Crippen LogP contribution in [0, 0.1) is 5.41 Å². The highest BCUT2D eigenvalue weighted by Crippen LogP contribution is 2.37. The highest BCUT2D eigenvalue weighted by Gasteiger charge is 2.48. The average Bonchev–Trinajstić information content (AvgIpc) is 2.93. The SMILES string of the molecule is CC(C)(COc1ccn(-c2ncccc2C(N)=O)n1)C(F)(F)F. The molecule has 0 bridgehead atoms. The molecule has 6 nitrogen and oxygen atoms in total. The van der Waals surface area contributed by atoms with Gasteiger partial charge in [-0.25, -0.2) is 9.67 Å². The lowest BCUT2D eigenvalue weighted by Crippen LogP contribution is -2.37. The quantitative estimate of drug-likeness (QED) is 0.913. The van der Waals surface area contributed by atoms with E-state index in [0.29, 0.717) is 0 Å². The zero-order valence-corrected chi connectivity index (χ0v) is 12.5. The van der Waals surface area contributed by atoms with Crippen LogP contribution in [-0.4, -0.2) is 33.5 Å². The molecule has 1 amide bonds. The predicted octanol–water partition coefficient (Wildman–Crippen LogP) is 2.33. The summed E-state index contributed by atoms with van der Waals surface area (Å²) < 4.78 is 44.7. The normalized spacial score (nSPS) is 12.2. The van der Waals surface area contributed by atoms with E-state index in [1.807, 2.05) is 0 Å². The number of amides is 1. The largest absolute Gasteiger partial charge is 0.476 e. The Bertz CT molecular complexity index is 710. The number of carbonyl (C=O) groups excluding carboxylic acids is 1. The van der Waals surface area contributed by atoms with E-state index >= 15 is 0 Å². The molecule has 0 unspecified atom stereocenters. The fraction of sp³-hybridized carbons (Fsp3) is 0.357. The van der Waals surface area contributed by atoms with Crippen LogP contribution in [0.1, 0.15) is 24.2 Å². The number of rotatable bonds is 5. The Morgan fingerprint density at radius 3 is 2.65 bits per heavy atom. The summed E-state index contributed by atoms with van der Waals surface area (Å²) in [6, 6.07) is 4.39. The van der Waals surface area contributed by atoms with E-state index in [1.165, 1.54) is 35.3 Å². The van der Waals surface area contributed by atoms with Gasteiger partial charge in [-0.3, -0.25) is 4.79 Å². The Kier molecular flexibility index (Phi) is 4.31. The molecule has 0 saturated heterocycles. The van der Waals surface area contributed by atoms with Gasteiger partial charge < -0.3 is 10.5 Å². The smallest absolute Gasteiger partial charge is 0.397 e. The third-order valence-electron chi connectivity index (χ3n) is 3.18. The standard InChI is InChI=1S/C14H15F3N4O2/c1-13(2,14(15,16)17)8-23-10-5-7-21(20-10)12-9(11(18)22)4-3-6-19-12/h3-7H,8H2,1-2H3,(H2,18,22). The first-order valence-electron chi connectivity index (χ1n) is 6.62. The Balaban J connectivity index is 2.18. The lowest BCUT2D eigenvalue weighted by molar-refractivity contribution is -0.219. The minimum absolute atomic E-state index is 0.0107. The number of alkyl halides is 3. The van der Waals surface area contributed by atoms with Gasteiger partial charge in [0, 0.05) is 18.5 Å². The molecule has 0 spiro atoms. The lowest BCUT2D eigenvalue weighted by atomic mass is 9.94. The highest BCUT2D eigenvalue weighted by molar-refractivity contribution is 5.95. The van der Waals surface area contributed by atoms with Gasteiger partial charge in [-0.2, -0.15) is 13.2 Å². The Labute approximate surface area is 130 Å². The van der Waals surface area contributed by atoms with E-state index < -0.39 is 24.1 Å². The van der Waals surface area contributed by atoms with Crippen molar-refractivity contribution in [3.63, 3.8) is 0 Å². The van der Waals surface area contributed by atoms with Gasteiger partial charge in [-0.15, -0.1) is 5.10 Å². The first kappa shape index (κ1) is 16.8. The van der Waals surface area contributed by atoms with Crippen molar-refractivity contribution in [2.24, 2.45) is 11.1 Å². The minimum Gasteiger partial charge on any atom is -0.476 e. The average molecular weight is 328 g/mol. The van der Waals surface area contributed by atoms with Crippen molar-refractivity contribution < 1.29 is 22.7 Å². The molecule has 0 saturated carbocycles. The number of pyridine rings is 1. The van der Waals surface area contributed by atoms with Crippen LogP contribution in [0.15, 0.2) is 30.6 Å². The summed E-state index contributed by atoms with van der Waals surface area (Å²) in [6.07, 6.45) is -1.53. The second-order valence-corrected chi connectivity index (χ2v) is 5.51. The van der Waals surface area contributed by atoms with E-state index in [2.05, 4.69) is 10.1 Å². The van der Waals surface area contributed by atoms with Crippen LogP contribution in [0.2, 0.25) is 0 Å². The Morgan fingerprint density at radius 1 is 1.35 bits per heavy atom. The number of halogens is 3. The summed E-state index contributed by atoms with van der Waals surface area (Å²) >= 11 is 0. The Hall–Kier alpha value is -2.58. The molecule has 0 fully saturated rings. The molecule has 0 radical (unpaired) electrons. The molecule has 2 rings (SSSR count). The summed E-state index contributed by atoms with van der Waals surface area (Å²) in [5.41, 5.74) is 3.37. The van der Waals surface area contributed by atoms with Gasteiger partial charge in [0.1, 0.15) is 6.61 Å². The van der Waals surface area contributed by atoms with E-state index in [9.17, 15) is 18.0 Å². The van der Waals surface area contributed by atoms with Gasteiger partial charge in [0.2, 0.25) is 5.88 Å². The third kappa shape index (κ3) is 3.61. The zero-order valence-electron chi connectivity index (χ0n) is 12.5. The first-order valence-corrected chi connectivity index (χ1v) is 6.62. The second-order valence-electron chi connectivity index (χ2n) is 5.51. The molecule has 0 aromatic carbocycles. The number of hydrogen-bond acceptors (Lipinski definition) is 4. The molecule has 2 aromatic heterocycles. The van der Waals surface area contributed by atoms with Crippen molar-refractivity contribution in [3.8, 4) is 11.7 Å². The van der Waals surface area contributed by atoms with Crippen molar-refractivity contribution in [1.82, 2.24) is 14.8 Å². The van der Waals surface area contributed by atoms with E-state index in [1.54, 1.807) is 0 Å². The summed E-state index contributed by atoms with van der Waals surface area (Å²) in [4.78, 5) is 15.4. The van der Waals surface area contributed by atoms with Crippen LogP contribution in [0.5, 0.6) is 5.88 Å². The summed E-state index contributed by atoms with van der Waals surface area (Å²) in [6.45, 7) is 1.49. The molecule has 0 aliphatic carbocycles. The van der Waals surface area contributed by atoms with Gasteiger partial charge in [0.05, 0.1) is 11.0 Å². The molecule has 0 atom stereocenters. The molecule has 124 valence electrons. The van der Waals surface area contributed by atoms with E-state index in [4.69, 9.17) is 10.5 Å². The lowest BCUT2D eigenvalue weighted by Gasteiger charge is -2.26. The molecule has 2 heterocycles. The fourth-order valence-corrected chi connectivity index (χ4v) is 1.61. The number of hydrogen-bond donors (Lipinski definition) is 1. The summed E-state index contributed by atoms with van der Waals surface area (Å²) in [5, 5.41) is 3.97. The molecule has 2 aromatic rings. The maximum atomic E-state index is 12.8. The maximum Gasteiger partial charge on any atom is 0.397 e. The molecule has 0 aliphatic heterocycles. The van der Waals surface area contributed by atoms with Crippen LogP contribution in [0.3, 0.4) is 0 Å². The maximum absolute atomic E-state index is 12.8. The van der Waals surface area contributed by atoms with Crippen LogP contribution in [0.4, 0.5) is 13.2 Å². The van der Waals surface area contributed by atoms with Gasteiger partial charge in [-0.1, -0.05) is 0 Å². The van der Waals surface area contributed by atoms with Gasteiger partial charge in [-0.05, 0) is 26.0 Å². The van der Waals surface area contributed by atoms with E-state index in [-0.39, 0.29) is 17.3 Å². The third-order valence-corrected chi connectivity index (χ3v) is 3.18. The van der Waals surface area contributed by atoms with Crippen LogP contribution >= 0.6 is 0 Å². The van der Waals surface area contributed by atoms with Crippen LogP contribution < -0.4 is 10.5 Å². The van der Waals surface area contributed by atoms with Crippen molar-refractivity contribution in [2.75, 3.05) is 6.61 Å². The second kappa shape index (κ2) is 5.90. The number of aromatic nitrogens is 3. The molecule has 2 N–H and O–H groups in total. The number of nitrogens with zero attached hydrogens (tertiary/aromatic N) is 3. The van der Waals surface area contributed by atoms with Crippen molar-refractivity contribution in [1.29, 1.82) is 0 Å². The molecular weight excluding hydrogens is 313 g/mol. The summed E-state index contributed by atoms with van der Waals surface area (Å²) in [7, 11) is 0. The van der Waals surface area contributed by atoms with Crippen LogP contribution in [0.25, 0.3) is 5.82 Å². The number of primary amides is 1.